The summed E-state index contributed by atoms with van der Waals surface area (Å²) >= 11 is 0. The summed E-state index contributed by atoms with van der Waals surface area (Å²) in [4.78, 5) is 4.72. The van der Waals surface area contributed by atoms with E-state index in [-0.39, 0.29) is 5.75 Å². The molecular weight excluding hydrogens is 322 g/mol. The number of benzene rings is 3. The number of rotatable bonds is 3. The second kappa shape index (κ2) is 6.56. The summed E-state index contributed by atoms with van der Waals surface area (Å²) in [6.45, 7) is 2.77. The molecule has 1 aliphatic rings. The number of fused-ring (bicyclic) bond motifs is 1. The molecule has 1 heterocycles. The van der Waals surface area contributed by atoms with Crippen LogP contribution in [0.3, 0.4) is 0 Å². The fourth-order valence-electron chi connectivity index (χ4n) is 3.29. The van der Waals surface area contributed by atoms with Crippen molar-refractivity contribution in [2.45, 2.75) is 6.92 Å². The lowest BCUT2D eigenvalue weighted by Crippen LogP contribution is -2.33. The Morgan fingerprint density at radius 3 is 2.50 bits per heavy atom. The van der Waals surface area contributed by atoms with Crippen LogP contribution in [-0.4, -0.2) is 29.9 Å². The van der Waals surface area contributed by atoms with Crippen LogP contribution in [0.5, 0.6) is 5.75 Å². The van der Waals surface area contributed by atoms with Gasteiger partial charge in [-0.1, -0.05) is 48.5 Å². The number of phenolic OH excluding ortho intramolecular Hbond substituents is 1. The summed E-state index contributed by atoms with van der Waals surface area (Å²) in [5.74, 6) is 0.247. The van der Waals surface area contributed by atoms with E-state index in [4.69, 9.17) is 4.99 Å². The van der Waals surface area contributed by atoms with E-state index in [2.05, 4.69) is 29.1 Å². The highest BCUT2D eigenvalue weighted by Gasteiger charge is 2.24. The molecule has 0 aliphatic carbocycles. The van der Waals surface area contributed by atoms with Gasteiger partial charge in [-0.05, 0) is 35.9 Å². The van der Waals surface area contributed by atoms with Crippen LogP contribution in [-0.2, 0) is 0 Å². The number of hydrogen-bond acceptors (Lipinski definition) is 4. The number of anilines is 1. The molecule has 0 radical (unpaired) electrons. The van der Waals surface area contributed by atoms with Crippen molar-refractivity contribution in [3.63, 3.8) is 0 Å². The van der Waals surface area contributed by atoms with Gasteiger partial charge in [0.1, 0.15) is 5.75 Å². The van der Waals surface area contributed by atoms with Crippen LogP contribution in [0.4, 0.5) is 5.69 Å². The number of phenols is 1. The molecule has 4 nitrogen and oxygen atoms in total. The number of aromatic hydroxyl groups is 1. The van der Waals surface area contributed by atoms with Crippen molar-refractivity contribution in [3.8, 4) is 5.75 Å². The molecule has 0 amide bonds. The molecule has 3 aromatic rings. The molecule has 130 valence electrons. The Labute approximate surface area is 153 Å². The molecule has 0 aromatic heterocycles. The van der Waals surface area contributed by atoms with E-state index in [1.54, 1.807) is 12.3 Å². The first kappa shape index (κ1) is 16.2. The molecule has 0 saturated heterocycles. The predicted octanol–water partition coefficient (Wildman–Crippen LogP) is 4.56. The van der Waals surface area contributed by atoms with Crippen LogP contribution >= 0.6 is 0 Å². The van der Waals surface area contributed by atoms with Gasteiger partial charge in [0.05, 0.1) is 23.6 Å². The minimum atomic E-state index is 0.247. The van der Waals surface area contributed by atoms with Gasteiger partial charge in [0, 0.05) is 18.8 Å². The van der Waals surface area contributed by atoms with Crippen LogP contribution in [0, 0.1) is 0 Å². The molecule has 4 rings (SSSR count). The summed E-state index contributed by atoms with van der Waals surface area (Å²) in [5, 5.41) is 16.7. The van der Waals surface area contributed by atoms with Crippen molar-refractivity contribution < 1.29 is 5.11 Å². The Bertz CT molecular complexity index is 1010. The van der Waals surface area contributed by atoms with Gasteiger partial charge in [-0.2, -0.15) is 0 Å². The number of hydrazine groups is 1. The van der Waals surface area contributed by atoms with Crippen molar-refractivity contribution in [2.75, 3.05) is 18.6 Å². The van der Waals surface area contributed by atoms with E-state index in [1.807, 2.05) is 55.6 Å². The third kappa shape index (κ3) is 2.80. The first-order chi connectivity index (χ1) is 12.6. The SMILES string of the molecule is CC1=C(N=Cc2c(O)ccc3ccccc23)CN(c2ccccc2)N1C. The van der Waals surface area contributed by atoms with Crippen LogP contribution in [0.15, 0.2) is 83.1 Å². The van der Waals surface area contributed by atoms with E-state index in [0.717, 1.165) is 33.4 Å². The molecule has 4 heteroatoms. The lowest BCUT2D eigenvalue weighted by Gasteiger charge is -2.29. The van der Waals surface area contributed by atoms with Crippen LogP contribution in [0.1, 0.15) is 12.5 Å². The first-order valence-corrected chi connectivity index (χ1v) is 8.66. The Morgan fingerprint density at radius 1 is 0.962 bits per heavy atom. The topological polar surface area (TPSA) is 39.1 Å². The summed E-state index contributed by atoms with van der Waals surface area (Å²) < 4.78 is 0. The fourth-order valence-corrected chi connectivity index (χ4v) is 3.29. The average Bonchev–Trinajstić information content (AvgIpc) is 2.96. The van der Waals surface area contributed by atoms with Crippen molar-refractivity contribution in [3.05, 3.63) is 83.7 Å². The smallest absolute Gasteiger partial charge is 0.124 e. The highest BCUT2D eigenvalue weighted by Crippen LogP contribution is 2.29. The van der Waals surface area contributed by atoms with Crippen molar-refractivity contribution in [1.29, 1.82) is 0 Å². The molecule has 26 heavy (non-hydrogen) atoms. The monoisotopic (exact) mass is 343 g/mol. The first-order valence-electron chi connectivity index (χ1n) is 8.66. The molecule has 1 aliphatic heterocycles. The molecule has 0 unspecified atom stereocenters. The Morgan fingerprint density at radius 2 is 1.69 bits per heavy atom. The molecule has 0 atom stereocenters. The van der Waals surface area contributed by atoms with E-state index < -0.39 is 0 Å². The summed E-state index contributed by atoms with van der Waals surface area (Å²) in [6.07, 6.45) is 1.78. The van der Waals surface area contributed by atoms with Gasteiger partial charge in [-0.15, -0.1) is 0 Å². The minimum Gasteiger partial charge on any atom is -0.507 e. The maximum absolute atomic E-state index is 10.3. The molecular formula is C22H21N3O. The summed E-state index contributed by atoms with van der Waals surface area (Å²) in [7, 11) is 2.04. The molecule has 0 saturated carbocycles. The predicted molar refractivity (Wildman–Crippen MR) is 107 cm³/mol. The molecule has 0 fully saturated rings. The van der Waals surface area contributed by atoms with Crippen LogP contribution < -0.4 is 5.01 Å². The van der Waals surface area contributed by atoms with Gasteiger partial charge in [0.15, 0.2) is 0 Å². The highest BCUT2D eigenvalue weighted by molar-refractivity contribution is 6.02. The zero-order chi connectivity index (χ0) is 18.1. The third-order valence-electron chi connectivity index (χ3n) is 4.92. The molecule has 1 N–H and O–H groups in total. The van der Waals surface area contributed by atoms with Crippen molar-refractivity contribution in [1.82, 2.24) is 5.01 Å². The van der Waals surface area contributed by atoms with Gasteiger partial charge in [0.25, 0.3) is 0 Å². The number of aliphatic imine (C=N–C) groups is 1. The van der Waals surface area contributed by atoms with Crippen LogP contribution in [0.2, 0.25) is 0 Å². The van der Waals surface area contributed by atoms with E-state index in [9.17, 15) is 5.11 Å². The Kier molecular flexibility index (Phi) is 4.09. The second-order valence-corrected chi connectivity index (χ2v) is 6.43. The Hall–Kier alpha value is -3.27. The minimum absolute atomic E-state index is 0.247. The molecule has 0 spiro atoms. The molecule has 0 bridgehead atoms. The zero-order valence-electron chi connectivity index (χ0n) is 14.9. The standard InChI is InChI=1S/C22H21N3O/c1-16-21(15-25(24(16)2)18-9-4-3-5-10-18)23-14-20-19-11-7-6-8-17(19)12-13-22(20)26/h3-14,26H,15H2,1-2H3. The van der Waals surface area contributed by atoms with Crippen molar-refractivity contribution >= 4 is 22.7 Å². The zero-order valence-corrected chi connectivity index (χ0v) is 14.9. The summed E-state index contributed by atoms with van der Waals surface area (Å²) in [5.41, 5.74) is 3.98. The molecule has 3 aromatic carbocycles. The van der Waals surface area contributed by atoms with E-state index >= 15 is 0 Å². The lowest BCUT2D eigenvalue weighted by atomic mass is 10.0. The number of para-hydroxylation sites is 1. The van der Waals surface area contributed by atoms with Crippen molar-refractivity contribution in [2.24, 2.45) is 4.99 Å². The van der Waals surface area contributed by atoms with Gasteiger partial charge in [-0.25, -0.2) is 0 Å². The lowest BCUT2D eigenvalue weighted by molar-refractivity contribution is 0.422. The number of allylic oxidation sites excluding steroid dienone is 1. The Balaban J connectivity index is 1.67. The van der Waals surface area contributed by atoms with Gasteiger partial charge < -0.3 is 5.11 Å². The highest BCUT2D eigenvalue weighted by atomic mass is 16.3. The number of hydrogen-bond donors (Lipinski definition) is 1. The fraction of sp³-hybridized carbons (Fsp3) is 0.136. The van der Waals surface area contributed by atoms with Crippen LogP contribution in [0.25, 0.3) is 10.8 Å². The van der Waals surface area contributed by atoms with Gasteiger partial charge >= 0.3 is 0 Å². The second-order valence-electron chi connectivity index (χ2n) is 6.43. The van der Waals surface area contributed by atoms with Gasteiger partial charge in [0.2, 0.25) is 0 Å². The normalized spacial score (nSPS) is 14.8. The van der Waals surface area contributed by atoms with E-state index in [1.165, 1.54) is 0 Å². The average molecular weight is 343 g/mol. The summed E-state index contributed by atoms with van der Waals surface area (Å²) in [6, 6.07) is 21.9. The maximum atomic E-state index is 10.3. The number of nitrogens with zero attached hydrogens (tertiary/aromatic N) is 3. The quantitative estimate of drug-likeness (QED) is 0.709. The maximum Gasteiger partial charge on any atom is 0.124 e. The van der Waals surface area contributed by atoms with E-state index in [0.29, 0.717) is 6.54 Å². The largest absolute Gasteiger partial charge is 0.507 e. The third-order valence-corrected chi connectivity index (χ3v) is 4.92. The van der Waals surface area contributed by atoms with Gasteiger partial charge in [-0.3, -0.25) is 15.0 Å².